The second kappa shape index (κ2) is 11.1. The van der Waals surface area contributed by atoms with E-state index in [0.29, 0.717) is 60.4 Å². The van der Waals surface area contributed by atoms with Gasteiger partial charge >= 0.3 is 0 Å². The van der Waals surface area contributed by atoms with E-state index in [-0.39, 0.29) is 18.4 Å². The van der Waals surface area contributed by atoms with Gasteiger partial charge in [0, 0.05) is 37.6 Å². The van der Waals surface area contributed by atoms with Crippen molar-refractivity contribution in [1.29, 1.82) is 0 Å². The van der Waals surface area contributed by atoms with Crippen molar-refractivity contribution < 1.29 is 28.2 Å². The molecule has 10 nitrogen and oxygen atoms in total. The number of ether oxygens (including phenoxy) is 3. The summed E-state index contributed by atoms with van der Waals surface area (Å²) in [7, 11) is 3.09. The molecular weight excluding hydrogens is 488 g/mol. The average molecular weight is 517 g/mol. The highest BCUT2D eigenvalue weighted by Crippen LogP contribution is 2.30. The largest absolute Gasteiger partial charge is 0.497 e. The van der Waals surface area contributed by atoms with Crippen molar-refractivity contribution in [2.45, 2.75) is 0 Å². The fourth-order valence-corrected chi connectivity index (χ4v) is 4.34. The molecule has 1 aliphatic rings. The normalized spacial score (nSPS) is 13.3. The number of para-hydroxylation sites is 1. The van der Waals surface area contributed by atoms with Crippen LogP contribution in [0.15, 0.2) is 71.3 Å². The number of anilines is 2. The van der Waals surface area contributed by atoms with Gasteiger partial charge in [0.1, 0.15) is 28.6 Å². The number of carbonyl (C=O) groups is 2. The van der Waals surface area contributed by atoms with E-state index in [9.17, 15) is 9.59 Å². The average Bonchev–Trinajstić information content (AvgIpc) is 3.50. The molecule has 0 spiro atoms. The summed E-state index contributed by atoms with van der Waals surface area (Å²) in [5.41, 5.74) is 1.15. The van der Waals surface area contributed by atoms with Gasteiger partial charge in [0.2, 0.25) is 0 Å². The molecule has 3 heterocycles. The van der Waals surface area contributed by atoms with Gasteiger partial charge < -0.3 is 33.7 Å². The number of hydrogen-bond donors (Lipinski definition) is 1. The second-order valence-electron chi connectivity index (χ2n) is 8.66. The first-order chi connectivity index (χ1) is 18.6. The van der Waals surface area contributed by atoms with Gasteiger partial charge in [-0.05, 0) is 42.5 Å². The molecule has 196 valence electrons. The summed E-state index contributed by atoms with van der Waals surface area (Å²) in [6, 6.07) is 18.1. The molecule has 2 amide bonds. The maximum atomic E-state index is 12.7. The summed E-state index contributed by atoms with van der Waals surface area (Å²) >= 11 is 0. The third-order valence-corrected chi connectivity index (χ3v) is 6.33. The van der Waals surface area contributed by atoms with Crippen molar-refractivity contribution in [2.24, 2.45) is 0 Å². The smallest absolute Gasteiger partial charge is 0.289 e. The fraction of sp³-hybridized carbons (Fsp3) is 0.250. The van der Waals surface area contributed by atoms with Gasteiger partial charge in [-0.25, -0.2) is 4.98 Å². The fourth-order valence-electron chi connectivity index (χ4n) is 4.34. The van der Waals surface area contributed by atoms with Crippen LogP contribution >= 0.6 is 0 Å². The van der Waals surface area contributed by atoms with E-state index < -0.39 is 0 Å². The van der Waals surface area contributed by atoms with E-state index >= 15 is 0 Å². The van der Waals surface area contributed by atoms with Crippen LogP contribution in [-0.2, 0) is 4.79 Å². The Kier molecular flexibility index (Phi) is 7.30. The number of methoxy groups -OCH3 is 2. The van der Waals surface area contributed by atoms with Gasteiger partial charge in [0.05, 0.1) is 26.2 Å². The van der Waals surface area contributed by atoms with E-state index in [0.717, 1.165) is 11.2 Å². The predicted octanol–water partition coefficient (Wildman–Crippen LogP) is 3.82. The minimum Gasteiger partial charge on any atom is -0.497 e. The summed E-state index contributed by atoms with van der Waals surface area (Å²) in [5, 5.41) is 3.70. The molecule has 1 fully saturated rings. The van der Waals surface area contributed by atoms with Crippen molar-refractivity contribution in [1.82, 2.24) is 9.88 Å². The zero-order chi connectivity index (χ0) is 26.5. The number of benzene rings is 2. The first-order valence-corrected chi connectivity index (χ1v) is 12.2. The van der Waals surface area contributed by atoms with Crippen LogP contribution in [0.5, 0.6) is 17.2 Å². The number of aromatic nitrogens is 1. The molecule has 1 N–H and O–H groups in total. The number of fused-ring (bicyclic) bond motifs is 1. The molecule has 2 aromatic heterocycles. The van der Waals surface area contributed by atoms with Crippen molar-refractivity contribution >= 4 is 34.2 Å². The van der Waals surface area contributed by atoms with Crippen LogP contribution in [0.25, 0.3) is 10.9 Å². The zero-order valence-electron chi connectivity index (χ0n) is 21.2. The van der Waals surface area contributed by atoms with Crippen molar-refractivity contribution in [3.8, 4) is 17.2 Å². The SMILES string of the molecule is COc1ccc(OC)c(NC(=O)COc2cccc3ccc(N4CCN(C(=O)c5ccco5)CC4)nc23)c1. The van der Waals surface area contributed by atoms with Crippen LogP contribution in [0, 0.1) is 0 Å². The lowest BCUT2D eigenvalue weighted by Gasteiger charge is -2.35. The standard InChI is InChI=1S/C28H28N4O6/c1-35-20-9-10-22(36-2)21(17-20)29-26(33)18-38-23-6-3-5-19-8-11-25(30-27(19)23)31-12-14-32(15-13-31)28(34)24-7-4-16-37-24/h3-11,16-17H,12-15,18H2,1-2H3,(H,29,33). The predicted molar refractivity (Wildman–Crippen MR) is 142 cm³/mol. The van der Waals surface area contributed by atoms with Gasteiger partial charge in [-0.15, -0.1) is 0 Å². The summed E-state index contributed by atoms with van der Waals surface area (Å²) in [5.74, 6) is 2.29. The minimum absolute atomic E-state index is 0.110. The Morgan fingerprint density at radius 1 is 0.947 bits per heavy atom. The Bertz CT molecular complexity index is 1430. The lowest BCUT2D eigenvalue weighted by molar-refractivity contribution is -0.118. The van der Waals surface area contributed by atoms with Gasteiger partial charge in [-0.3, -0.25) is 9.59 Å². The third-order valence-electron chi connectivity index (χ3n) is 6.33. The van der Waals surface area contributed by atoms with E-state index in [4.69, 9.17) is 23.6 Å². The molecule has 0 bridgehead atoms. The summed E-state index contributed by atoms with van der Waals surface area (Å²) in [4.78, 5) is 34.0. The number of carbonyl (C=O) groups excluding carboxylic acids is 2. The number of nitrogens with one attached hydrogen (secondary N) is 1. The number of nitrogens with zero attached hydrogens (tertiary/aromatic N) is 3. The Hall–Kier alpha value is -4.73. The molecule has 0 unspecified atom stereocenters. The summed E-state index contributed by atoms with van der Waals surface area (Å²) in [6.07, 6.45) is 1.50. The first kappa shape index (κ1) is 24.9. The number of furan rings is 1. The minimum atomic E-state index is -0.345. The topological polar surface area (TPSA) is 106 Å². The molecule has 1 saturated heterocycles. The van der Waals surface area contributed by atoms with Crippen molar-refractivity contribution in [3.63, 3.8) is 0 Å². The van der Waals surface area contributed by atoms with Crippen molar-refractivity contribution in [2.75, 3.05) is 57.2 Å². The Morgan fingerprint density at radius 2 is 1.79 bits per heavy atom. The molecule has 10 heteroatoms. The highest BCUT2D eigenvalue weighted by molar-refractivity contribution is 5.94. The zero-order valence-corrected chi connectivity index (χ0v) is 21.2. The van der Waals surface area contributed by atoms with Gasteiger partial charge in [-0.2, -0.15) is 0 Å². The van der Waals surface area contributed by atoms with Crippen LogP contribution < -0.4 is 24.4 Å². The summed E-state index contributed by atoms with van der Waals surface area (Å²) < 4.78 is 21.7. The molecule has 1 aliphatic heterocycles. The van der Waals surface area contributed by atoms with Crippen LogP contribution in [0.4, 0.5) is 11.5 Å². The molecule has 38 heavy (non-hydrogen) atoms. The van der Waals surface area contributed by atoms with E-state index in [1.54, 1.807) is 48.4 Å². The monoisotopic (exact) mass is 516 g/mol. The number of hydrogen-bond acceptors (Lipinski definition) is 8. The number of rotatable bonds is 8. The van der Waals surface area contributed by atoms with E-state index in [1.807, 2.05) is 24.3 Å². The Morgan fingerprint density at radius 3 is 2.53 bits per heavy atom. The highest BCUT2D eigenvalue weighted by Gasteiger charge is 2.24. The van der Waals surface area contributed by atoms with Gasteiger partial charge in [0.25, 0.3) is 11.8 Å². The second-order valence-corrected chi connectivity index (χ2v) is 8.66. The van der Waals surface area contributed by atoms with Gasteiger partial charge in [-0.1, -0.05) is 12.1 Å². The lowest BCUT2D eigenvalue weighted by atomic mass is 10.2. The molecule has 0 aliphatic carbocycles. The van der Waals surface area contributed by atoms with Crippen molar-refractivity contribution in [3.05, 3.63) is 72.7 Å². The molecule has 0 radical (unpaired) electrons. The summed E-state index contributed by atoms with van der Waals surface area (Å²) in [6.45, 7) is 2.19. The molecule has 0 saturated carbocycles. The van der Waals surface area contributed by atoms with Crippen LogP contribution in [0.2, 0.25) is 0 Å². The molecule has 0 atom stereocenters. The quantitative estimate of drug-likeness (QED) is 0.377. The molecule has 5 rings (SSSR count). The Labute approximate surface area is 219 Å². The number of pyridine rings is 1. The lowest BCUT2D eigenvalue weighted by Crippen LogP contribution is -2.49. The van der Waals surface area contributed by atoms with E-state index in [2.05, 4.69) is 10.2 Å². The van der Waals surface area contributed by atoms with Crippen LogP contribution in [0.1, 0.15) is 10.6 Å². The van der Waals surface area contributed by atoms with Gasteiger partial charge in [0.15, 0.2) is 12.4 Å². The molecule has 4 aromatic rings. The number of piperazine rings is 1. The maximum absolute atomic E-state index is 12.7. The Balaban J connectivity index is 1.25. The number of amides is 2. The first-order valence-electron chi connectivity index (χ1n) is 12.2. The maximum Gasteiger partial charge on any atom is 0.289 e. The molecular formula is C28H28N4O6. The van der Waals surface area contributed by atoms with Crippen LogP contribution in [0.3, 0.4) is 0 Å². The third kappa shape index (κ3) is 5.34. The van der Waals surface area contributed by atoms with Crippen LogP contribution in [-0.4, -0.2) is 68.7 Å². The van der Waals surface area contributed by atoms with E-state index in [1.165, 1.54) is 13.4 Å². The highest BCUT2D eigenvalue weighted by atomic mass is 16.5. The molecule has 2 aromatic carbocycles.